The first kappa shape index (κ1) is 22.0. The first-order valence-electron chi connectivity index (χ1n) is 9.91. The predicted molar refractivity (Wildman–Crippen MR) is 114 cm³/mol. The van der Waals surface area contributed by atoms with E-state index in [-0.39, 0.29) is 6.61 Å². The number of hydrogen-bond donors (Lipinski definition) is 1. The van der Waals surface area contributed by atoms with E-state index in [1.807, 2.05) is 43.3 Å². The molecular formula is C24H24NO6-. The number of methoxy groups -OCH3 is 1. The van der Waals surface area contributed by atoms with Gasteiger partial charge in [0.2, 0.25) is 0 Å². The van der Waals surface area contributed by atoms with Crippen LogP contribution in [0.15, 0.2) is 60.7 Å². The Balaban J connectivity index is 1.69. The Kier molecular flexibility index (Phi) is 7.32. The molecule has 0 heterocycles. The van der Waals surface area contributed by atoms with Crippen molar-refractivity contribution in [2.45, 2.75) is 19.4 Å². The van der Waals surface area contributed by atoms with Crippen molar-refractivity contribution in [2.24, 2.45) is 0 Å². The summed E-state index contributed by atoms with van der Waals surface area (Å²) < 4.78 is 16.4. The highest BCUT2D eigenvalue weighted by molar-refractivity contribution is 5.84. The number of hydrogen-bond acceptors (Lipinski definition) is 6. The fourth-order valence-corrected chi connectivity index (χ4v) is 3.24. The molecule has 1 amide bonds. The summed E-state index contributed by atoms with van der Waals surface area (Å²) in [5.41, 5.74) is 0.559. The second-order valence-electron chi connectivity index (χ2n) is 6.84. The molecule has 0 radical (unpaired) electrons. The van der Waals surface area contributed by atoms with Gasteiger partial charge in [0.05, 0.1) is 19.8 Å². The molecule has 31 heavy (non-hydrogen) atoms. The van der Waals surface area contributed by atoms with E-state index < -0.39 is 24.3 Å². The summed E-state index contributed by atoms with van der Waals surface area (Å²) in [5, 5.41) is 16.0. The molecule has 7 nitrogen and oxygen atoms in total. The fraction of sp³-hybridized carbons (Fsp3) is 0.250. The first-order chi connectivity index (χ1) is 15.0. The summed E-state index contributed by atoms with van der Waals surface area (Å²) in [7, 11) is 1.49. The lowest BCUT2D eigenvalue weighted by Gasteiger charge is -2.21. The van der Waals surface area contributed by atoms with Gasteiger partial charge in [0, 0.05) is 12.4 Å². The molecule has 0 saturated heterocycles. The van der Waals surface area contributed by atoms with E-state index in [4.69, 9.17) is 14.2 Å². The van der Waals surface area contributed by atoms with Crippen molar-refractivity contribution in [3.05, 3.63) is 66.2 Å². The van der Waals surface area contributed by atoms with Crippen molar-refractivity contribution >= 4 is 22.6 Å². The lowest BCUT2D eigenvalue weighted by molar-refractivity contribution is -0.306. The Morgan fingerprint density at radius 2 is 1.74 bits per heavy atom. The Hall–Kier alpha value is -3.74. The van der Waals surface area contributed by atoms with Crippen LogP contribution < -0.4 is 24.6 Å². The summed E-state index contributed by atoms with van der Waals surface area (Å²) in [6.07, 6.45) is -0.390. The smallest absolute Gasteiger partial charge is 0.258 e. The lowest BCUT2D eigenvalue weighted by Crippen LogP contribution is -2.36. The quantitative estimate of drug-likeness (QED) is 0.540. The maximum Gasteiger partial charge on any atom is 0.258 e. The molecule has 0 fully saturated rings. The predicted octanol–water partition coefficient (Wildman–Crippen LogP) is 2.62. The standard InChI is InChI=1S/C24H25NO6/c1-3-30-21-11-9-18(13-22(21)29-2)20(14-24(27)28)25-23(26)15-31-19-10-8-16-6-4-5-7-17(16)12-19/h4-13,20H,3,14-15H2,1-2H3,(H,25,26)(H,27,28)/p-1/t20-/m1/s1. The number of ether oxygens (including phenoxy) is 3. The van der Waals surface area contributed by atoms with E-state index in [1.54, 1.807) is 24.3 Å². The van der Waals surface area contributed by atoms with Crippen LogP contribution in [-0.4, -0.2) is 32.2 Å². The van der Waals surface area contributed by atoms with E-state index in [0.29, 0.717) is 29.4 Å². The van der Waals surface area contributed by atoms with Gasteiger partial charge in [-0.05, 0) is 47.5 Å². The van der Waals surface area contributed by atoms with Gasteiger partial charge in [-0.3, -0.25) is 4.79 Å². The van der Waals surface area contributed by atoms with Crippen molar-refractivity contribution in [3.8, 4) is 17.2 Å². The molecule has 0 aliphatic carbocycles. The molecule has 0 bridgehead atoms. The molecule has 7 heteroatoms. The number of amides is 1. The largest absolute Gasteiger partial charge is 0.550 e. The second-order valence-corrected chi connectivity index (χ2v) is 6.84. The average molecular weight is 422 g/mol. The number of carboxylic acid groups (broad SMARTS) is 1. The first-order valence-corrected chi connectivity index (χ1v) is 9.91. The summed E-state index contributed by atoms with van der Waals surface area (Å²) in [4.78, 5) is 23.7. The molecule has 3 aromatic rings. The maximum atomic E-state index is 12.5. The third-order valence-electron chi connectivity index (χ3n) is 4.69. The number of carboxylic acids is 1. The molecule has 0 spiro atoms. The average Bonchev–Trinajstić information content (AvgIpc) is 2.77. The van der Waals surface area contributed by atoms with Crippen LogP contribution in [0.3, 0.4) is 0 Å². The zero-order chi connectivity index (χ0) is 22.2. The highest BCUT2D eigenvalue weighted by Crippen LogP contribution is 2.31. The third-order valence-corrected chi connectivity index (χ3v) is 4.69. The van der Waals surface area contributed by atoms with E-state index >= 15 is 0 Å². The Bertz CT molecular complexity index is 1060. The van der Waals surface area contributed by atoms with Crippen LogP contribution >= 0.6 is 0 Å². The summed E-state index contributed by atoms with van der Waals surface area (Å²) >= 11 is 0. The van der Waals surface area contributed by atoms with E-state index in [0.717, 1.165) is 10.8 Å². The van der Waals surface area contributed by atoms with Crippen LogP contribution in [0, 0.1) is 0 Å². The Labute approximate surface area is 180 Å². The topological polar surface area (TPSA) is 96.9 Å². The number of nitrogens with one attached hydrogen (secondary N) is 1. The van der Waals surface area contributed by atoms with Gasteiger partial charge in [-0.15, -0.1) is 0 Å². The number of benzene rings is 3. The summed E-state index contributed by atoms with van der Waals surface area (Å²) in [6, 6.07) is 17.6. The van der Waals surface area contributed by atoms with Crippen molar-refractivity contribution < 1.29 is 28.9 Å². The highest BCUT2D eigenvalue weighted by atomic mass is 16.5. The Morgan fingerprint density at radius 1 is 0.968 bits per heavy atom. The van der Waals surface area contributed by atoms with Gasteiger partial charge < -0.3 is 29.4 Å². The molecule has 3 aromatic carbocycles. The number of fused-ring (bicyclic) bond motifs is 1. The van der Waals surface area contributed by atoms with Gasteiger partial charge in [0.25, 0.3) is 5.91 Å². The molecule has 0 unspecified atom stereocenters. The van der Waals surface area contributed by atoms with Crippen LogP contribution in [0.5, 0.6) is 17.2 Å². The summed E-state index contributed by atoms with van der Waals surface area (Å²) in [6.45, 7) is 2.05. The molecule has 1 N–H and O–H groups in total. The minimum atomic E-state index is -1.28. The van der Waals surface area contributed by atoms with Gasteiger partial charge in [0.15, 0.2) is 18.1 Å². The van der Waals surface area contributed by atoms with Crippen LogP contribution in [0.4, 0.5) is 0 Å². The molecule has 0 saturated carbocycles. The lowest BCUT2D eigenvalue weighted by atomic mass is 10.0. The van der Waals surface area contributed by atoms with Crippen LogP contribution in [-0.2, 0) is 9.59 Å². The molecule has 1 atom stereocenters. The van der Waals surface area contributed by atoms with Gasteiger partial charge in [-0.25, -0.2) is 0 Å². The maximum absolute atomic E-state index is 12.5. The van der Waals surface area contributed by atoms with Crippen molar-refractivity contribution in [3.63, 3.8) is 0 Å². The van der Waals surface area contributed by atoms with E-state index in [1.165, 1.54) is 7.11 Å². The van der Waals surface area contributed by atoms with E-state index in [9.17, 15) is 14.7 Å². The zero-order valence-electron chi connectivity index (χ0n) is 17.4. The highest BCUT2D eigenvalue weighted by Gasteiger charge is 2.18. The van der Waals surface area contributed by atoms with Gasteiger partial charge in [0.1, 0.15) is 5.75 Å². The number of carbonyl (C=O) groups is 2. The molecule has 162 valence electrons. The Morgan fingerprint density at radius 3 is 2.45 bits per heavy atom. The third kappa shape index (κ3) is 5.88. The van der Waals surface area contributed by atoms with Crippen molar-refractivity contribution in [1.82, 2.24) is 5.32 Å². The van der Waals surface area contributed by atoms with Gasteiger partial charge >= 0.3 is 0 Å². The van der Waals surface area contributed by atoms with Crippen LogP contribution in [0.1, 0.15) is 24.9 Å². The molecule has 0 aromatic heterocycles. The monoisotopic (exact) mass is 422 g/mol. The van der Waals surface area contributed by atoms with Gasteiger partial charge in [-0.2, -0.15) is 0 Å². The van der Waals surface area contributed by atoms with Gasteiger partial charge in [-0.1, -0.05) is 36.4 Å². The van der Waals surface area contributed by atoms with Crippen molar-refractivity contribution in [2.75, 3.05) is 20.3 Å². The van der Waals surface area contributed by atoms with Crippen LogP contribution in [0.2, 0.25) is 0 Å². The minimum Gasteiger partial charge on any atom is -0.550 e. The normalized spacial score (nSPS) is 11.5. The molecule has 3 rings (SSSR count). The fourth-order valence-electron chi connectivity index (χ4n) is 3.24. The number of aliphatic carboxylic acids is 1. The number of rotatable bonds is 10. The van der Waals surface area contributed by atoms with Crippen LogP contribution in [0.25, 0.3) is 10.8 Å². The molecule has 0 aliphatic heterocycles. The zero-order valence-corrected chi connectivity index (χ0v) is 17.4. The van der Waals surface area contributed by atoms with Crippen molar-refractivity contribution in [1.29, 1.82) is 0 Å². The SMILES string of the molecule is CCOc1ccc([C@@H](CC(=O)[O-])NC(=O)COc2ccc3ccccc3c2)cc1OC. The summed E-state index contributed by atoms with van der Waals surface area (Å²) in [5.74, 6) is -0.204. The minimum absolute atomic E-state index is 0.254. The molecular weight excluding hydrogens is 398 g/mol. The molecule has 0 aliphatic rings. The van der Waals surface area contributed by atoms with E-state index in [2.05, 4.69) is 5.32 Å². The number of carbonyl (C=O) groups excluding carboxylic acids is 2. The second kappa shape index (κ2) is 10.3.